The van der Waals surface area contributed by atoms with Gasteiger partial charge in [0.2, 0.25) is 0 Å². The molecule has 0 bridgehead atoms. The highest BCUT2D eigenvalue weighted by Crippen LogP contribution is 2.23. The lowest BCUT2D eigenvalue weighted by Gasteiger charge is -2.34. The third-order valence-electron chi connectivity index (χ3n) is 4.46. The fraction of sp³-hybridized carbons (Fsp3) is 0.389. The van der Waals surface area contributed by atoms with Crippen molar-refractivity contribution in [1.29, 1.82) is 0 Å². The average Bonchev–Trinajstić information content (AvgIpc) is 3.12. The summed E-state index contributed by atoms with van der Waals surface area (Å²) in [4.78, 5) is 27.1. The Morgan fingerprint density at radius 1 is 1.12 bits per heavy atom. The molecule has 2 heterocycles. The average molecular weight is 359 g/mol. The van der Waals surface area contributed by atoms with Crippen molar-refractivity contribution in [2.24, 2.45) is 0 Å². The molecule has 0 radical (unpaired) electrons. The molecule has 1 aliphatic rings. The number of hydrogen-bond acceptors (Lipinski definition) is 6. The lowest BCUT2D eigenvalue weighted by molar-refractivity contribution is -0.380. The van der Waals surface area contributed by atoms with Crippen LogP contribution >= 0.6 is 11.3 Å². The fourth-order valence-electron chi connectivity index (χ4n) is 2.98. The van der Waals surface area contributed by atoms with E-state index in [1.54, 1.807) is 5.38 Å². The highest BCUT2D eigenvalue weighted by molar-refractivity contribution is 7.13. The van der Waals surface area contributed by atoms with Crippen LogP contribution in [-0.2, 0) is 6.54 Å². The quantitative estimate of drug-likeness (QED) is 0.432. The maximum absolute atomic E-state index is 12.2. The molecule has 132 valence electrons. The number of thiophene rings is 1. The zero-order valence-corrected chi connectivity index (χ0v) is 14.8. The topological polar surface area (TPSA) is 66.7 Å². The summed E-state index contributed by atoms with van der Waals surface area (Å²) in [7, 11) is 0. The zero-order valence-electron chi connectivity index (χ0n) is 14.0. The molecule has 0 amide bonds. The van der Waals surface area contributed by atoms with Gasteiger partial charge in [0.1, 0.15) is 0 Å². The van der Waals surface area contributed by atoms with Crippen molar-refractivity contribution in [2.45, 2.75) is 13.0 Å². The minimum Gasteiger partial charge on any atom is -0.300 e. The zero-order chi connectivity index (χ0) is 17.6. The largest absolute Gasteiger partial charge is 0.324 e. The van der Waals surface area contributed by atoms with Crippen molar-refractivity contribution < 1.29 is 9.72 Å². The molecule has 0 spiro atoms. The number of nitrogens with zero attached hydrogens (tertiary/aromatic N) is 3. The van der Waals surface area contributed by atoms with Gasteiger partial charge in [-0.25, -0.2) is 0 Å². The summed E-state index contributed by atoms with van der Waals surface area (Å²) in [6.45, 7) is 5.56. The van der Waals surface area contributed by atoms with Gasteiger partial charge < -0.3 is 4.90 Å². The van der Waals surface area contributed by atoms with Crippen molar-refractivity contribution in [3.05, 3.63) is 63.0 Å². The number of benzene rings is 1. The molecule has 0 atom stereocenters. The van der Waals surface area contributed by atoms with E-state index in [2.05, 4.69) is 34.1 Å². The van der Waals surface area contributed by atoms with Crippen molar-refractivity contribution in [3.63, 3.8) is 0 Å². The Bertz CT molecular complexity index is 724. The standard InChI is InChI=1S/C18H21N3O3S/c22-17(16-12-18(21(23)24)25-14-16)6-7-19-8-10-20(11-9-19)13-15-4-2-1-3-5-15/h1-5,12,14H,6-11,13H2. The highest BCUT2D eigenvalue weighted by atomic mass is 32.1. The first-order valence-corrected chi connectivity index (χ1v) is 9.24. The summed E-state index contributed by atoms with van der Waals surface area (Å²) < 4.78 is 0. The summed E-state index contributed by atoms with van der Waals surface area (Å²) in [6.07, 6.45) is 0.409. The molecule has 0 saturated carbocycles. The van der Waals surface area contributed by atoms with Gasteiger partial charge in [-0.1, -0.05) is 41.7 Å². The Morgan fingerprint density at radius 3 is 2.44 bits per heavy atom. The van der Waals surface area contributed by atoms with Crippen molar-refractivity contribution in [3.8, 4) is 0 Å². The van der Waals surface area contributed by atoms with Crippen LogP contribution in [0.25, 0.3) is 0 Å². The monoisotopic (exact) mass is 359 g/mol. The van der Waals surface area contributed by atoms with Crippen LogP contribution in [-0.4, -0.2) is 53.2 Å². The second kappa shape index (κ2) is 8.33. The molecule has 1 saturated heterocycles. The van der Waals surface area contributed by atoms with Gasteiger partial charge in [0.25, 0.3) is 0 Å². The van der Waals surface area contributed by atoms with E-state index in [-0.39, 0.29) is 10.8 Å². The molecule has 1 aromatic heterocycles. The first kappa shape index (κ1) is 17.7. The lowest BCUT2D eigenvalue weighted by Crippen LogP contribution is -2.46. The molecule has 6 nitrogen and oxygen atoms in total. The molecule has 0 N–H and O–H groups in total. The fourth-order valence-corrected chi connectivity index (χ4v) is 3.71. The summed E-state index contributed by atoms with van der Waals surface area (Å²) in [5.41, 5.74) is 1.78. The summed E-state index contributed by atoms with van der Waals surface area (Å²) in [6, 6.07) is 11.8. The Labute approximate surface area is 150 Å². The van der Waals surface area contributed by atoms with Gasteiger partial charge in [0, 0.05) is 62.7 Å². The first-order valence-electron chi connectivity index (χ1n) is 8.36. The molecule has 1 aliphatic heterocycles. The van der Waals surface area contributed by atoms with Crippen LogP contribution in [0.1, 0.15) is 22.3 Å². The van der Waals surface area contributed by atoms with Crippen LogP contribution in [0.4, 0.5) is 5.00 Å². The van der Waals surface area contributed by atoms with E-state index in [1.165, 1.54) is 11.6 Å². The van der Waals surface area contributed by atoms with E-state index in [4.69, 9.17) is 0 Å². The normalized spacial score (nSPS) is 16.0. The third kappa shape index (κ3) is 4.94. The smallest absolute Gasteiger partial charge is 0.300 e. The van der Waals surface area contributed by atoms with Gasteiger partial charge in [0.05, 0.1) is 4.92 Å². The van der Waals surface area contributed by atoms with E-state index in [0.717, 1.165) is 44.1 Å². The van der Waals surface area contributed by atoms with Gasteiger partial charge in [-0.15, -0.1) is 0 Å². The van der Waals surface area contributed by atoms with E-state index >= 15 is 0 Å². The summed E-state index contributed by atoms with van der Waals surface area (Å²) >= 11 is 1.01. The number of rotatable bonds is 7. The number of piperazine rings is 1. The minimum atomic E-state index is -0.451. The number of carbonyl (C=O) groups is 1. The van der Waals surface area contributed by atoms with Gasteiger partial charge >= 0.3 is 5.00 Å². The van der Waals surface area contributed by atoms with E-state index in [1.807, 2.05) is 6.07 Å². The molecule has 1 fully saturated rings. The van der Waals surface area contributed by atoms with Gasteiger partial charge in [-0.2, -0.15) is 0 Å². The predicted octanol–water partition coefficient (Wildman–Crippen LogP) is 3.05. The maximum atomic E-state index is 12.2. The third-order valence-corrected chi connectivity index (χ3v) is 5.34. The van der Waals surface area contributed by atoms with Gasteiger partial charge in [-0.05, 0) is 5.56 Å². The summed E-state index contributed by atoms with van der Waals surface area (Å²) in [5, 5.41) is 12.3. The number of Topliss-reactive ketones (excluding diaryl/α,β-unsaturated/α-hetero) is 1. The SMILES string of the molecule is O=C(CCN1CCN(Cc2ccccc2)CC1)c1csc([N+](=O)[O-])c1. The lowest BCUT2D eigenvalue weighted by atomic mass is 10.1. The van der Waals surface area contributed by atoms with Crippen LogP contribution < -0.4 is 0 Å². The molecule has 1 aromatic carbocycles. The number of nitro groups is 1. The molecule has 7 heteroatoms. The van der Waals surface area contributed by atoms with Crippen molar-refractivity contribution in [1.82, 2.24) is 9.80 Å². The van der Waals surface area contributed by atoms with Crippen LogP contribution in [0.2, 0.25) is 0 Å². The van der Waals surface area contributed by atoms with Gasteiger partial charge in [0.15, 0.2) is 5.78 Å². The molecule has 2 aromatic rings. The Morgan fingerprint density at radius 2 is 1.80 bits per heavy atom. The number of carbonyl (C=O) groups excluding carboxylic acids is 1. The number of hydrogen-bond donors (Lipinski definition) is 0. The Balaban J connectivity index is 1.41. The van der Waals surface area contributed by atoms with Crippen molar-refractivity contribution >= 4 is 22.1 Å². The second-order valence-electron chi connectivity index (χ2n) is 6.21. The molecular weight excluding hydrogens is 338 g/mol. The molecule has 0 aliphatic carbocycles. The van der Waals surface area contributed by atoms with E-state index < -0.39 is 4.92 Å². The van der Waals surface area contributed by atoms with Crippen LogP contribution in [0.15, 0.2) is 41.8 Å². The van der Waals surface area contributed by atoms with E-state index in [9.17, 15) is 14.9 Å². The maximum Gasteiger partial charge on any atom is 0.324 e. The summed E-state index contributed by atoms with van der Waals surface area (Å²) in [5.74, 6) is -0.0175. The van der Waals surface area contributed by atoms with Crippen molar-refractivity contribution in [2.75, 3.05) is 32.7 Å². The van der Waals surface area contributed by atoms with Crippen LogP contribution in [0, 0.1) is 10.1 Å². The Hall–Kier alpha value is -2.09. The minimum absolute atomic E-state index is 0.0175. The van der Waals surface area contributed by atoms with Gasteiger partial charge in [-0.3, -0.25) is 19.8 Å². The van der Waals surface area contributed by atoms with E-state index in [0.29, 0.717) is 18.5 Å². The molecular formula is C18H21N3O3S. The first-order chi connectivity index (χ1) is 12.1. The number of ketones is 1. The second-order valence-corrected chi connectivity index (χ2v) is 7.10. The molecule has 0 unspecified atom stereocenters. The molecule has 3 rings (SSSR count). The predicted molar refractivity (Wildman–Crippen MR) is 98.1 cm³/mol. The molecule has 25 heavy (non-hydrogen) atoms. The van der Waals surface area contributed by atoms with Crippen LogP contribution in [0.3, 0.4) is 0 Å². The van der Waals surface area contributed by atoms with Crippen LogP contribution in [0.5, 0.6) is 0 Å². The highest BCUT2D eigenvalue weighted by Gasteiger charge is 2.19. The Kier molecular flexibility index (Phi) is 5.91.